The Morgan fingerprint density at radius 2 is 1.92 bits per heavy atom. The quantitative estimate of drug-likeness (QED) is 0.824. The zero-order valence-corrected chi connectivity index (χ0v) is 14.8. The second-order valence-electron chi connectivity index (χ2n) is 5.26. The Labute approximate surface area is 150 Å². The summed E-state index contributed by atoms with van der Waals surface area (Å²) in [5, 5.41) is 1.49. The third kappa shape index (κ3) is 3.91. The summed E-state index contributed by atoms with van der Waals surface area (Å²) >= 11 is 7.47. The van der Waals surface area contributed by atoms with Gasteiger partial charge in [0.1, 0.15) is 5.75 Å². The summed E-state index contributed by atoms with van der Waals surface area (Å²) < 4.78 is 5.13. The Morgan fingerprint density at radius 3 is 2.58 bits per heavy atom. The monoisotopic (exact) mass is 360 g/mol. The number of carbonyl (C=O) groups is 1. The summed E-state index contributed by atoms with van der Waals surface area (Å²) in [7, 11) is 1.61. The molecule has 1 heterocycles. The molecule has 0 saturated heterocycles. The lowest BCUT2D eigenvalue weighted by Crippen LogP contribution is -2.32. The predicted molar refractivity (Wildman–Crippen MR) is 99.1 cm³/mol. The lowest BCUT2D eigenvalue weighted by Gasteiger charge is -2.18. The molecule has 124 valence electrons. The van der Waals surface area contributed by atoms with Gasteiger partial charge < -0.3 is 4.74 Å². The lowest BCUT2D eigenvalue weighted by atomic mass is 10.2. The summed E-state index contributed by atoms with van der Waals surface area (Å²) in [6.07, 6.45) is 0. The van der Waals surface area contributed by atoms with E-state index in [2.05, 4.69) is 4.99 Å². The van der Waals surface area contributed by atoms with Crippen LogP contribution < -0.4 is 4.74 Å². The maximum Gasteiger partial charge on any atom is 0.259 e. The standard InChI is InChI=1S/C18H17ClN2O2S/c1-23-16-8-4-14(5-9-16)17(22)21-11-10-20-18(21)24-12-13-2-6-15(19)7-3-13/h2-9H,10-12H2,1H3. The van der Waals surface area contributed by atoms with Gasteiger partial charge >= 0.3 is 0 Å². The van der Waals surface area contributed by atoms with Crippen LogP contribution in [0.4, 0.5) is 0 Å². The van der Waals surface area contributed by atoms with Crippen LogP contribution in [0.25, 0.3) is 0 Å². The normalized spacial score (nSPS) is 13.8. The van der Waals surface area contributed by atoms with Crippen molar-refractivity contribution in [1.82, 2.24) is 4.90 Å². The van der Waals surface area contributed by atoms with Crippen molar-refractivity contribution in [2.24, 2.45) is 4.99 Å². The molecule has 0 aliphatic carbocycles. The maximum atomic E-state index is 12.7. The summed E-state index contributed by atoms with van der Waals surface area (Å²) in [5.41, 5.74) is 1.79. The molecule has 3 rings (SSSR count). The van der Waals surface area contributed by atoms with Crippen molar-refractivity contribution in [3.8, 4) is 5.75 Å². The van der Waals surface area contributed by atoms with E-state index in [0.29, 0.717) is 18.7 Å². The maximum absolute atomic E-state index is 12.7. The van der Waals surface area contributed by atoms with Gasteiger partial charge in [-0.15, -0.1) is 0 Å². The molecular weight excluding hydrogens is 344 g/mol. The molecule has 6 heteroatoms. The van der Waals surface area contributed by atoms with Crippen molar-refractivity contribution in [3.05, 3.63) is 64.7 Å². The van der Waals surface area contributed by atoms with Crippen LogP contribution in [0.15, 0.2) is 53.5 Å². The highest BCUT2D eigenvalue weighted by Gasteiger charge is 2.25. The van der Waals surface area contributed by atoms with Gasteiger partial charge in [0.05, 0.1) is 13.7 Å². The number of methoxy groups -OCH3 is 1. The van der Waals surface area contributed by atoms with Crippen LogP contribution in [0.3, 0.4) is 0 Å². The topological polar surface area (TPSA) is 41.9 Å². The second-order valence-corrected chi connectivity index (χ2v) is 6.64. The Morgan fingerprint density at radius 1 is 1.21 bits per heavy atom. The van der Waals surface area contributed by atoms with Gasteiger partial charge in [-0.3, -0.25) is 14.7 Å². The molecule has 0 aromatic heterocycles. The third-order valence-electron chi connectivity index (χ3n) is 3.66. The first-order valence-corrected chi connectivity index (χ1v) is 8.91. The van der Waals surface area contributed by atoms with Crippen molar-refractivity contribution in [1.29, 1.82) is 0 Å². The van der Waals surface area contributed by atoms with Crippen LogP contribution in [0.1, 0.15) is 15.9 Å². The average molecular weight is 361 g/mol. The van der Waals surface area contributed by atoms with Crippen LogP contribution in [-0.4, -0.2) is 36.2 Å². The fraction of sp³-hybridized carbons (Fsp3) is 0.222. The summed E-state index contributed by atoms with van der Waals surface area (Å²) in [4.78, 5) is 18.9. The number of amides is 1. The van der Waals surface area contributed by atoms with Crippen LogP contribution >= 0.6 is 23.4 Å². The number of ether oxygens (including phenoxy) is 1. The van der Waals surface area contributed by atoms with E-state index in [0.717, 1.165) is 27.3 Å². The lowest BCUT2D eigenvalue weighted by molar-refractivity contribution is 0.0860. The highest BCUT2D eigenvalue weighted by atomic mass is 35.5. The van der Waals surface area contributed by atoms with Crippen LogP contribution in [-0.2, 0) is 5.75 Å². The number of halogens is 1. The molecule has 0 bridgehead atoms. The molecular formula is C18H17ClN2O2S. The first-order valence-electron chi connectivity index (χ1n) is 7.55. The number of thioether (sulfide) groups is 1. The Bertz CT molecular complexity index is 745. The fourth-order valence-electron chi connectivity index (χ4n) is 2.36. The van der Waals surface area contributed by atoms with Gasteiger partial charge in [0.15, 0.2) is 5.17 Å². The zero-order chi connectivity index (χ0) is 16.9. The number of hydrogen-bond donors (Lipinski definition) is 0. The first-order chi connectivity index (χ1) is 11.7. The van der Waals surface area contributed by atoms with E-state index in [1.807, 2.05) is 24.3 Å². The molecule has 0 fully saturated rings. The van der Waals surface area contributed by atoms with Gasteiger partial charge in [0.2, 0.25) is 0 Å². The van der Waals surface area contributed by atoms with Gasteiger partial charge in [-0.25, -0.2) is 0 Å². The number of hydrogen-bond acceptors (Lipinski definition) is 4. The van der Waals surface area contributed by atoms with Crippen molar-refractivity contribution >= 4 is 34.4 Å². The van der Waals surface area contributed by atoms with Crippen LogP contribution in [0.5, 0.6) is 5.75 Å². The molecule has 0 atom stereocenters. The molecule has 0 N–H and O–H groups in total. The third-order valence-corrected chi connectivity index (χ3v) is 5.00. The minimum Gasteiger partial charge on any atom is -0.497 e. The van der Waals surface area contributed by atoms with E-state index in [1.54, 1.807) is 48.0 Å². The Balaban J connectivity index is 1.65. The van der Waals surface area contributed by atoms with E-state index < -0.39 is 0 Å². The summed E-state index contributed by atoms with van der Waals surface area (Å²) in [5.74, 6) is 1.46. The van der Waals surface area contributed by atoms with E-state index in [1.165, 1.54) is 0 Å². The Kier molecular flexibility index (Phi) is 5.43. The number of aliphatic imine (C=N–C) groups is 1. The van der Waals surface area contributed by atoms with Gasteiger partial charge in [0.25, 0.3) is 5.91 Å². The van der Waals surface area contributed by atoms with E-state index in [9.17, 15) is 4.79 Å². The van der Waals surface area contributed by atoms with Gasteiger partial charge in [-0.05, 0) is 42.0 Å². The molecule has 2 aromatic rings. The predicted octanol–water partition coefficient (Wildman–Crippen LogP) is 4.09. The average Bonchev–Trinajstić information content (AvgIpc) is 3.09. The summed E-state index contributed by atoms with van der Waals surface area (Å²) in [6.45, 7) is 1.26. The van der Waals surface area contributed by atoms with Crippen LogP contribution in [0.2, 0.25) is 5.02 Å². The number of nitrogens with zero attached hydrogens (tertiary/aromatic N) is 2. The second kappa shape index (κ2) is 7.73. The molecule has 0 spiro atoms. The molecule has 0 saturated carbocycles. The molecule has 0 radical (unpaired) electrons. The molecule has 2 aromatic carbocycles. The molecule has 4 nitrogen and oxygen atoms in total. The molecule has 1 amide bonds. The van der Waals surface area contributed by atoms with Crippen molar-refractivity contribution in [2.75, 3.05) is 20.2 Å². The van der Waals surface area contributed by atoms with E-state index >= 15 is 0 Å². The molecule has 1 aliphatic heterocycles. The number of rotatable bonds is 4. The highest BCUT2D eigenvalue weighted by molar-refractivity contribution is 8.13. The van der Waals surface area contributed by atoms with Crippen molar-refractivity contribution < 1.29 is 9.53 Å². The minimum atomic E-state index is -0.0301. The number of benzene rings is 2. The molecule has 24 heavy (non-hydrogen) atoms. The Hall–Kier alpha value is -1.98. The van der Waals surface area contributed by atoms with Gasteiger partial charge in [-0.1, -0.05) is 35.5 Å². The summed E-state index contributed by atoms with van der Waals surface area (Å²) in [6, 6.07) is 14.9. The highest BCUT2D eigenvalue weighted by Crippen LogP contribution is 2.23. The SMILES string of the molecule is COc1ccc(C(=O)N2CCN=C2SCc2ccc(Cl)cc2)cc1. The zero-order valence-electron chi connectivity index (χ0n) is 13.2. The minimum absolute atomic E-state index is 0.0301. The molecule has 1 aliphatic rings. The van der Waals surface area contributed by atoms with Crippen molar-refractivity contribution in [2.45, 2.75) is 5.75 Å². The van der Waals surface area contributed by atoms with Gasteiger partial charge in [-0.2, -0.15) is 0 Å². The smallest absolute Gasteiger partial charge is 0.259 e. The largest absolute Gasteiger partial charge is 0.497 e. The number of amidine groups is 1. The van der Waals surface area contributed by atoms with Gasteiger partial charge in [0, 0.05) is 22.9 Å². The molecule has 0 unspecified atom stereocenters. The van der Waals surface area contributed by atoms with E-state index in [4.69, 9.17) is 16.3 Å². The van der Waals surface area contributed by atoms with Crippen molar-refractivity contribution in [3.63, 3.8) is 0 Å². The first kappa shape index (κ1) is 16.9. The van der Waals surface area contributed by atoms with Crippen LogP contribution in [0, 0.1) is 0 Å². The fourth-order valence-corrected chi connectivity index (χ4v) is 3.48. The van der Waals surface area contributed by atoms with E-state index in [-0.39, 0.29) is 5.91 Å². The number of carbonyl (C=O) groups excluding carboxylic acids is 1.